The van der Waals surface area contributed by atoms with Crippen LogP contribution in [0.25, 0.3) is 0 Å². The quantitative estimate of drug-likeness (QED) is 0.0737. The number of nitrogens with one attached hydrogen (secondary N) is 2. The molecule has 0 aliphatic heterocycles. The fourth-order valence-corrected chi connectivity index (χ4v) is 6.57. The number of aryl methyl sites for hydroxylation is 3. The maximum Gasteiger partial charge on any atom is 0.397 e. The van der Waals surface area contributed by atoms with E-state index in [0.717, 1.165) is 23.8 Å². The SMILES string of the molecule is Cc1ccc(N/N=c2/c(C(=O)O)cc(=O)/c(=N\Nc3cc(C)c(N=Nc4ccc(S(=O)(=O)CCOS(=O)(=O)O)cc4S(=O)(=O)O)cc3C)c2=O)cc1. The third kappa shape index (κ3) is 9.83. The summed E-state index contributed by atoms with van der Waals surface area (Å²) >= 11 is 0. The highest BCUT2D eigenvalue weighted by molar-refractivity contribution is 7.91. The molecule has 22 heteroatoms. The molecular formula is C30H28N6O13S3. The van der Waals surface area contributed by atoms with Crippen molar-refractivity contribution in [1.82, 2.24) is 0 Å². The maximum absolute atomic E-state index is 13.2. The zero-order valence-corrected chi connectivity index (χ0v) is 29.6. The minimum atomic E-state index is -5.06. The van der Waals surface area contributed by atoms with Gasteiger partial charge in [-0.1, -0.05) is 17.7 Å². The average Bonchev–Trinajstić information content (AvgIpc) is 3.04. The van der Waals surface area contributed by atoms with Crippen LogP contribution in [0.4, 0.5) is 22.7 Å². The molecule has 0 atom stereocenters. The van der Waals surface area contributed by atoms with Crippen LogP contribution in [0.5, 0.6) is 0 Å². The monoisotopic (exact) mass is 776 g/mol. The van der Waals surface area contributed by atoms with E-state index in [1.165, 1.54) is 12.1 Å². The molecule has 19 nitrogen and oxygen atoms in total. The highest BCUT2D eigenvalue weighted by atomic mass is 32.3. The fourth-order valence-electron chi connectivity index (χ4n) is 4.34. The minimum Gasteiger partial charge on any atom is -0.478 e. The molecule has 5 N–H and O–H groups in total. The van der Waals surface area contributed by atoms with Gasteiger partial charge in [0, 0.05) is 6.07 Å². The maximum atomic E-state index is 13.2. The van der Waals surface area contributed by atoms with Crippen LogP contribution in [0.15, 0.2) is 100 Å². The first-order chi connectivity index (χ1) is 24.2. The molecule has 52 heavy (non-hydrogen) atoms. The van der Waals surface area contributed by atoms with Gasteiger partial charge < -0.3 is 5.11 Å². The van der Waals surface area contributed by atoms with Crippen LogP contribution in [0.1, 0.15) is 27.0 Å². The molecular weight excluding hydrogens is 749 g/mol. The number of carboxylic acids is 1. The molecule has 4 aromatic rings. The van der Waals surface area contributed by atoms with Crippen molar-refractivity contribution >= 4 is 59.1 Å². The van der Waals surface area contributed by atoms with Gasteiger partial charge in [-0.05, 0) is 74.4 Å². The van der Waals surface area contributed by atoms with Gasteiger partial charge in [-0.2, -0.15) is 32.2 Å². The molecule has 0 bridgehead atoms. The van der Waals surface area contributed by atoms with Gasteiger partial charge in [-0.3, -0.25) is 29.5 Å². The molecule has 4 rings (SSSR count). The van der Waals surface area contributed by atoms with E-state index in [9.17, 15) is 49.3 Å². The summed E-state index contributed by atoms with van der Waals surface area (Å²) in [6.07, 6.45) is 0. The average molecular weight is 777 g/mol. The summed E-state index contributed by atoms with van der Waals surface area (Å²) in [6.45, 7) is 4.04. The highest BCUT2D eigenvalue weighted by Gasteiger charge is 2.23. The Kier molecular flexibility index (Phi) is 11.6. The molecule has 0 aliphatic carbocycles. The second-order valence-corrected chi connectivity index (χ2v) is 15.5. The van der Waals surface area contributed by atoms with Crippen LogP contribution in [0, 0.1) is 20.8 Å². The van der Waals surface area contributed by atoms with Crippen molar-refractivity contribution in [3.63, 3.8) is 0 Å². The number of hydrogen-bond donors (Lipinski definition) is 5. The summed E-state index contributed by atoms with van der Waals surface area (Å²) in [7, 11) is -14.4. The second kappa shape index (κ2) is 15.4. The van der Waals surface area contributed by atoms with Crippen LogP contribution in [0.2, 0.25) is 0 Å². The van der Waals surface area contributed by atoms with E-state index in [4.69, 9.17) is 4.55 Å². The van der Waals surface area contributed by atoms with E-state index < -0.39 is 91.3 Å². The first-order valence-electron chi connectivity index (χ1n) is 14.4. The summed E-state index contributed by atoms with van der Waals surface area (Å²) in [5.74, 6) is -2.52. The van der Waals surface area contributed by atoms with E-state index in [-0.39, 0.29) is 11.4 Å². The summed E-state index contributed by atoms with van der Waals surface area (Å²) in [5, 5.41) is 24.1. The normalized spacial score (nSPS) is 13.1. The lowest BCUT2D eigenvalue weighted by Crippen LogP contribution is -2.50. The number of nitrogens with zero attached hydrogens (tertiary/aromatic N) is 4. The van der Waals surface area contributed by atoms with E-state index in [2.05, 4.69) is 35.5 Å². The molecule has 0 aliphatic rings. The predicted octanol–water partition coefficient (Wildman–Crippen LogP) is 2.02. The third-order valence-electron chi connectivity index (χ3n) is 7.02. The first kappa shape index (κ1) is 39.3. The number of hydrogen-bond acceptors (Lipinski definition) is 16. The Balaban J connectivity index is 1.65. The van der Waals surface area contributed by atoms with Gasteiger partial charge in [0.05, 0.1) is 39.9 Å². The van der Waals surface area contributed by atoms with Gasteiger partial charge >= 0.3 is 16.4 Å². The Hall–Kier alpha value is -5.52. The summed E-state index contributed by atoms with van der Waals surface area (Å²) in [4.78, 5) is 36.1. The summed E-state index contributed by atoms with van der Waals surface area (Å²) in [5.41, 5.74) is 4.75. The fraction of sp³-hybridized carbons (Fsp3) is 0.167. The molecule has 0 fully saturated rings. The van der Waals surface area contributed by atoms with Crippen LogP contribution < -0.4 is 32.4 Å². The molecule has 0 unspecified atom stereocenters. The molecule has 0 aromatic heterocycles. The molecule has 0 saturated carbocycles. The van der Waals surface area contributed by atoms with E-state index in [0.29, 0.717) is 22.9 Å². The van der Waals surface area contributed by atoms with Crippen molar-refractivity contribution in [3.05, 3.63) is 114 Å². The number of sulfone groups is 1. The van der Waals surface area contributed by atoms with E-state index in [1.54, 1.807) is 38.1 Å². The number of carboxylic acid groups (broad SMARTS) is 1. The standard InChI is InChI=1S/C30H28N6O13S3/c1-16-4-6-19(7-5-16)31-35-27-21(30(39)40)15-25(37)28(29(27)38)36-34-24-13-17(2)23(12-18(24)3)33-32-22-9-8-20(14-26(22)51(43,44)45)50(41,42)11-10-49-52(46,47)48/h4-9,12-15,31,34H,10-11H2,1-3H3,(H,39,40)(H,43,44,45)(H,46,47,48)/b33-32?,35-27-,36-28+. The Morgan fingerprint density at radius 2 is 1.40 bits per heavy atom. The second-order valence-electron chi connectivity index (χ2n) is 10.9. The van der Waals surface area contributed by atoms with E-state index >= 15 is 0 Å². The third-order valence-corrected chi connectivity index (χ3v) is 10.0. The van der Waals surface area contributed by atoms with Gasteiger partial charge in [0.15, 0.2) is 15.2 Å². The number of aromatic carboxylic acids is 1. The largest absolute Gasteiger partial charge is 0.478 e. The zero-order valence-electron chi connectivity index (χ0n) is 27.1. The Morgan fingerprint density at radius 1 is 0.769 bits per heavy atom. The zero-order chi connectivity index (χ0) is 38.6. The van der Waals surface area contributed by atoms with Crippen LogP contribution in [-0.4, -0.2) is 57.8 Å². The van der Waals surface area contributed by atoms with Gasteiger partial charge in [0.1, 0.15) is 15.9 Å². The molecule has 4 aromatic carbocycles. The van der Waals surface area contributed by atoms with Gasteiger partial charge in [0.25, 0.3) is 10.1 Å². The Morgan fingerprint density at radius 3 is 2.02 bits per heavy atom. The Bertz CT molecular complexity index is 2670. The first-order valence-corrected chi connectivity index (χ1v) is 18.9. The number of benzene rings is 4. The van der Waals surface area contributed by atoms with Crippen molar-refractivity contribution < 1.29 is 48.4 Å². The summed E-state index contributed by atoms with van der Waals surface area (Å²) in [6, 6.07) is 13.0. The molecule has 0 radical (unpaired) electrons. The highest BCUT2D eigenvalue weighted by Crippen LogP contribution is 2.32. The van der Waals surface area contributed by atoms with Crippen molar-refractivity contribution in [2.24, 2.45) is 20.4 Å². The lowest BCUT2D eigenvalue weighted by atomic mass is 10.1. The number of azo groups is 1. The van der Waals surface area contributed by atoms with Crippen molar-refractivity contribution in [2.75, 3.05) is 23.2 Å². The lowest BCUT2D eigenvalue weighted by molar-refractivity contribution is 0.0694. The van der Waals surface area contributed by atoms with E-state index in [1.807, 2.05) is 6.92 Å². The van der Waals surface area contributed by atoms with Crippen LogP contribution in [0.3, 0.4) is 0 Å². The van der Waals surface area contributed by atoms with Crippen molar-refractivity contribution in [3.8, 4) is 0 Å². The summed E-state index contributed by atoms with van der Waals surface area (Å²) < 4.78 is 93.1. The number of rotatable bonds is 13. The lowest BCUT2D eigenvalue weighted by Gasteiger charge is -2.09. The smallest absolute Gasteiger partial charge is 0.397 e. The van der Waals surface area contributed by atoms with Gasteiger partial charge in [-0.15, -0.1) is 5.11 Å². The van der Waals surface area contributed by atoms with Crippen molar-refractivity contribution in [2.45, 2.75) is 30.6 Å². The minimum absolute atomic E-state index is 0.173. The van der Waals surface area contributed by atoms with Gasteiger partial charge in [0.2, 0.25) is 10.9 Å². The molecule has 0 spiro atoms. The number of anilines is 2. The van der Waals surface area contributed by atoms with Crippen LogP contribution in [-0.2, 0) is 34.5 Å². The molecule has 0 heterocycles. The predicted molar refractivity (Wildman–Crippen MR) is 184 cm³/mol. The topological polar surface area (TPSA) is 297 Å². The Labute approximate surface area is 295 Å². The molecule has 0 saturated heterocycles. The molecule has 274 valence electrons. The van der Waals surface area contributed by atoms with Gasteiger partial charge in [-0.25, -0.2) is 17.4 Å². The number of carbonyl (C=O) groups is 1. The van der Waals surface area contributed by atoms with Crippen LogP contribution >= 0.6 is 0 Å². The van der Waals surface area contributed by atoms with Crippen molar-refractivity contribution in [1.29, 1.82) is 0 Å². The molecule has 0 amide bonds.